The fraction of sp³-hybridized carbons (Fsp3) is 0.320. The summed E-state index contributed by atoms with van der Waals surface area (Å²) in [4.78, 5) is 54.1. The Morgan fingerprint density at radius 1 is 1.07 bits per heavy atom. The lowest BCUT2D eigenvalue weighted by molar-refractivity contribution is -0.140. The van der Waals surface area contributed by atoms with Crippen LogP contribution in [0.4, 0.5) is 17.2 Å². The molecular weight excluding hydrogens is 559 g/mol. The van der Waals surface area contributed by atoms with E-state index in [9.17, 15) is 19.2 Å². The van der Waals surface area contributed by atoms with E-state index >= 15 is 0 Å². The molecule has 0 bridgehead atoms. The van der Waals surface area contributed by atoms with E-state index < -0.39 is 17.1 Å². The number of hydrogen-bond donors (Lipinski definition) is 4. The number of aromatic nitrogens is 3. The number of nitrogens with zero attached hydrogens (tertiary/aromatic N) is 3. The highest BCUT2D eigenvalue weighted by atomic mass is 32.1. The van der Waals surface area contributed by atoms with Crippen molar-refractivity contribution in [1.29, 1.82) is 0 Å². The van der Waals surface area contributed by atoms with Crippen LogP contribution in [0.15, 0.2) is 30.5 Å². The molecule has 3 amide bonds. The molecule has 1 aliphatic carbocycles. The predicted molar refractivity (Wildman–Crippen MR) is 166 cm³/mol. The second-order valence-corrected chi connectivity index (χ2v) is 11.6. The summed E-state index contributed by atoms with van der Waals surface area (Å²) >= 11 is 1.15. The molecule has 0 atom stereocenters. The molecule has 3 aromatic rings. The molecule has 0 spiro atoms. The maximum absolute atomic E-state index is 13.1. The summed E-state index contributed by atoms with van der Waals surface area (Å²) < 4.78 is 10.3. The second kappa shape index (κ2) is 13.1. The summed E-state index contributed by atoms with van der Waals surface area (Å²) in [5.74, 6) is -0.802. The first-order valence-corrected chi connectivity index (χ1v) is 14.1. The van der Waals surface area contributed by atoms with E-state index in [1.165, 1.54) is 20.4 Å². The highest BCUT2D eigenvalue weighted by molar-refractivity contribution is 7.17. The zero-order valence-electron chi connectivity index (χ0n) is 24.0. The number of para-hydroxylation sites is 1. The fourth-order valence-corrected chi connectivity index (χ4v) is 4.68. The van der Waals surface area contributed by atoms with Gasteiger partial charge >= 0.3 is 5.97 Å². The topological polar surface area (TPSA) is 174 Å². The van der Waals surface area contributed by atoms with Gasteiger partial charge in [0.05, 0.1) is 43.8 Å². The number of ether oxygens (including phenoxy) is 2. The summed E-state index contributed by atoms with van der Waals surface area (Å²) in [5, 5.41) is 19.7. The van der Waals surface area contributed by atoms with Crippen molar-refractivity contribution in [3.63, 3.8) is 0 Å². The first-order valence-electron chi connectivity index (χ1n) is 13.3. The van der Waals surface area contributed by atoms with Crippen LogP contribution in [0.25, 0.3) is 10.6 Å². The zero-order chi connectivity index (χ0) is 30.4. The molecule has 0 saturated heterocycles. The monoisotopic (exact) mass is 589 g/mol. The molecule has 1 fully saturated rings. The Labute approximate surface area is 249 Å². The largest absolute Gasteiger partial charge is 0.494 e. The number of nitrogens with one attached hydrogen (secondary N) is 4. The van der Waals surface area contributed by atoms with Gasteiger partial charge in [0.25, 0.3) is 11.8 Å². The Morgan fingerprint density at radius 3 is 2.50 bits per heavy atom. The van der Waals surface area contributed by atoms with E-state index in [-0.39, 0.29) is 42.2 Å². The molecule has 2 heterocycles. The molecule has 1 aliphatic rings. The number of anilines is 3. The molecule has 13 nitrogen and oxygen atoms in total. The van der Waals surface area contributed by atoms with Gasteiger partial charge in [-0.3, -0.25) is 19.2 Å². The van der Waals surface area contributed by atoms with Crippen molar-refractivity contribution in [2.75, 3.05) is 31.4 Å². The van der Waals surface area contributed by atoms with E-state index in [0.717, 1.165) is 24.2 Å². The van der Waals surface area contributed by atoms with Crippen LogP contribution in [-0.4, -0.2) is 88.4 Å². The highest BCUT2D eigenvalue weighted by Gasteiger charge is 2.30. The molecule has 1 saturated carbocycles. The number of hydrogen-bond acceptors (Lipinski definition) is 11. The number of methoxy groups -OCH3 is 2. The molecule has 1 aromatic carbocycles. The zero-order valence-corrected chi connectivity index (χ0v) is 24.8. The third-order valence-corrected chi connectivity index (χ3v) is 7.02. The number of rotatable bonds is 12. The lowest BCUT2D eigenvalue weighted by Crippen LogP contribution is -2.50. The van der Waals surface area contributed by atoms with E-state index in [1.807, 2.05) is 23.5 Å². The maximum Gasteiger partial charge on any atom is 0.307 e. The van der Waals surface area contributed by atoms with Gasteiger partial charge in [0.1, 0.15) is 33.4 Å². The molecule has 4 rings (SSSR count). The molecular formula is C25H30B3N7O6S. The van der Waals surface area contributed by atoms with Crippen molar-refractivity contribution in [3.8, 4) is 16.3 Å². The van der Waals surface area contributed by atoms with Gasteiger partial charge in [-0.2, -0.15) is 0 Å². The van der Waals surface area contributed by atoms with E-state index in [4.69, 9.17) is 4.74 Å². The molecule has 216 valence electrons. The lowest BCUT2D eigenvalue weighted by atomic mass is 9.49. The Bertz CT molecular complexity index is 1510. The SMILES string of the molecule is BC(B)(B)NC(=O)c1nnc(NC(=O)C2CC2)cc1Nc1cccc(-c2ncc(C(=O)NCCC(=O)OC)s2)c1OC. The van der Waals surface area contributed by atoms with Crippen molar-refractivity contribution in [2.24, 2.45) is 5.92 Å². The number of thiazole rings is 1. The fourth-order valence-electron chi connectivity index (χ4n) is 3.83. The quantitative estimate of drug-likeness (QED) is 0.155. The Kier molecular flexibility index (Phi) is 9.50. The molecule has 2 aromatic heterocycles. The number of carbonyl (C=O) groups is 4. The van der Waals surface area contributed by atoms with Gasteiger partial charge in [-0.1, -0.05) is 6.07 Å². The minimum Gasteiger partial charge on any atom is -0.494 e. The third-order valence-electron chi connectivity index (χ3n) is 5.99. The van der Waals surface area contributed by atoms with Crippen molar-refractivity contribution in [3.05, 3.63) is 41.0 Å². The van der Waals surface area contributed by atoms with Crippen molar-refractivity contribution < 1.29 is 28.7 Å². The lowest BCUT2D eigenvalue weighted by Gasteiger charge is -2.22. The van der Waals surface area contributed by atoms with E-state index in [2.05, 4.69) is 41.2 Å². The summed E-state index contributed by atoms with van der Waals surface area (Å²) in [5.41, 5.74) is 1.43. The maximum atomic E-state index is 13.1. The van der Waals surface area contributed by atoms with Gasteiger partial charge in [-0.25, -0.2) is 4.98 Å². The predicted octanol–water partition coefficient (Wildman–Crippen LogP) is -0.766. The number of esters is 1. The van der Waals surface area contributed by atoms with Crippen LogP contribution in [-0.2, 0) is 14.3 Å². The average molecular weight is 589 g/mol. The third kappa shape index (κ3) is 7.87. The van der Waals surface area contributed by atoms with Gasteiger partial charge in [-0.15, -0.1) is 21.5 Å². The van der Waals surface area contributed by atoms with Crippen molar-refractivity contribution in [1.82, 2.24) is 25.8 Å². The van der Waals surface area contributed by atoms with Gasteiger partial charge in [-0.05, 0) is 30.2 Å². The summed E-state index contributed by atoms with van der Waals surface area (Å²) in [6.07, 6.45) is 3.16. The van der Waals surface area contributed by atoms with Gasteiger partial charge in [0.2, 0.25) is 5.91 Å². The van der Waals surface area contributed by atoms with Crippen molar-refractivity contribution >= 4 is 75.8 Å². The second-order valence-electron chi connectivity index (χ2n) is 10.6. The first-order chi connectivity index (χ1) is 20.0. The molecule has 0 radical (unpaired) electrons. The standard InChI is InChI=1S/C25H30B3N7O6S/c1-40-18(36)8-9-29-22(38)16-11-30-24(42-16)13-4-3-5-14(20(13)41-2)31-15-10-17(32-21(37)12-6-7-12)34-35-19(15)23(39)33-25(26,27)28/h3-5,10-12H,6-9,26-28H2,1-2H3,(H,29,38)(H,33,39)(H2,31,32,34,37). The van der Waals surface area contributed by atoms with Crippen LogP contribution in [0.3, 0.4) is 0 Å². The van der Waals surface area contributed by atoms with Crippen LogP contribution in [0.2, 0.25) is 0 Å². The van der Waals surface area contributed by atoms with E-state index in [1.54, 1.807) is 24.3 Å². The van der Waals surface area contributed by atoms with Gasteiger partial charge < -0.3 is 30.7 Å². The minimum absolute atomic E-state index is 0.0296. The number of amides is 3. The van der Waals surface area contributed by atoms with Crippen LogP contribution in [0, 0.1) is 5.92 Å². The van der Waals surface area contributed by atoms with Gasteiger partial charge in [0, 0.05) is 18.5 Å². The Hall–Kier alpha value is -4.40. The summed E-state index contributed by atoms with van der Waals surface area (Å²) in [7, 11) is 8.34. The first kappa shape index (κ1) is 30.6. The molecule has 0 aliphatic heterocycles. The Morgan fingerprint density at radius 2 is 1.83 bits per heavy atom. The molecule has 17 heteroatoms. The Balaban J connectivity index is 1.62. The number of benzene rings is 1. The molecule has 4 N–H and O–H groups in total. The smallest absolute Gasteiger partial charge is 0.307 e. The molecule has 42 heavy (non-hydrogen) atoms. The average Bonchev–Trinajstić information content (AvgIpc) is 3.68. The number of carbonyl (C=O) groups excluding carboxylic acids is 4. The van der Waals surface area contributed by atoms with Crippen LogP contribution in [0.5, 0.6) is 5.75 Å². The van der Waals surface area contributed by atoms with Crippen LogP contribution < -0.4 is 26.0 Å². The van der Waals surface area contributed by atoms with Crippen LogP contribution in [0.1, 0.15) is 39.4 Å². The van der Waals surface area contributed by atoms with Crippen LogP contribution >= 0.6 is 11.3 Å². The van der Waals surface area contributed by atoms with Gasteiger partial charge in [0.15, 0.2) is 17.3 Å². The van der Waals surface area contributed by atoms with E-state index in [0.29, 0.717) is 32.6 Å². The minimum atomic E-state index is -0.527. The normalized spacial score (nSPS) is 12.6. The summed E-state index contributed by atoms with van der Waals surface area (Å²) in [6, 6.07) is 6.87. The highest BCUT2D eigenvalue weighted by Crippen LogP contribution is 2.40. The van der Waals surface area contributed by atoms with Crippen molar-refractivity contribution in [2.45, 2.75) is 24.5 Å². The summed E-state index contributed by atoms with van der Waals surface area (Å²) in [6.45, 7) is 0.135. The molecule has 0 unspecified atom stereocenters.